The van der Waals surface area contributed by atoms with Crippen LogP contribution in [0.5, 0.6) is 0 Å². The Morgan fingerprint density at radius 2 is 1.64 bits per heavy atom. The van der Waals surface area contributed by atoms with E-state index in [2.05, 4.69) is 0 Å². The third-order valence-corrected chi connectivity index (χ3v) is 3.95. The zero-order chi connectivity index (χ0) is 11.8. The zero-order valence-electron chi connectivity index (χ0n) is 6.71. The van der Waals surface area contributed by atoms with Crippen LogP contribution in [0.15, 0.2) is 0 Å². The van der Waals surface area contributed by atoms with Crippen LogP contribution in [-0.2, 0) is 20.9 Å². The number of halogens is 4. The molecule has 0 aliphatic heterocycles. The molecule has 0 aliphatic carbocycles. The molecule has 0 aliphatic rings. The van der Waals surface area contributed by atoms with Crippen molar-refractivity contribution in [2.24, 2.45) is 0 Å². The smallest absolute Gasteiger partial charge is 0.301 e. The van der Waals surface area contributed by atoms with Gasteiger partial charge in [0.2, 0.25) is 20.9 Å². The molecule has 0 radical (unpaired) electrons. The second kappa shape index (κ2) is 3.74. The molecule has 1 atom stereocenters. The van der Waals surface area contributed by atoms with E-state index in [0.717, 1.165) is 6.92 Å². The van der Waals surface area contributed by atoms with E-state index in [1.165, 1.54) is 0 Å². The van der Waals surface area contributed by atoms with Gasteiger partial charge in [0.1, 0.15) is 0 Å². The quantitative estimate of drug-likeness (QED) is 0.599. The Morgan fingerprint density at radius 1 is 1.29 bits per heavy atom. The average molecular weight is 258 g/mol. The van der Waals surface area contributed by atoms with E-state index in [1.54, 1.807) is 0 Å². The molecule has 0 aromatic heterocycles. The highest BCUT2D eigenvalue weighted by atomic mass is 32.2. The van der Waals surface area contributed by atoms with Crippen LogP contribution in [0.25, 0.3) is 0 Å². The van der Waals surface area contributed by atoms with Crippen molar-refractivity contribution in [1.82, 2.24) is 0 Å². The largest absolute Gasteiger partial charge is 0.421 e. The topological polar surface area (TPSA) is 71.4 Å². The van der Waals surface area contributed by atoms with Crippen LogP contribution in [-0.4, -0.2) is 33.4 Å². The van der Waals surface area contributed by atoms with Gasteiger partial charge >= 0.3 is 10.5 Å². The summed E-state index contributed by atoms with van der Waals surface area (Å²) in [6.45, 7) is 0.722. The first-order valence-electron chi connectivity index (χ1n) is 3.09. The predicted molar refractivity (Wildman–Crippen MR) is 40.1 cm³/mol. The molecule has 1 N–H and O–H groups in total. The molecule has 0 rings (SSSR count). The van der Waals surface area contributed by atoms with Crippen molar-refractivity contribution < 1.29 is 34.7 Å². The fourth-order valence-electron chi connectivity index (χ4n) is 0.464. The number of hydrogen-bond acceptors (Lipinski definition) is 3. The van der Waals surface area contributed by atoms with Gasteiger partial charge in [0.25, 0.3) is 0 Å². The second-order valence-electron chi connectivity index (χ2n) is 2.19. The van der Waals surface area contributed by atoms with Gasteiger partial charge in [-0.15, -0.1) is 0 Å². The van der Waals surface area contributed by atoms with Crippen LogP contribution in [0.2, 0.25) is 0 Å². The maximum atomic E-state index is 12.5. The molecule has 14 heavy (non-hydrogen) atoms. The maximum Gasteiger partial charge on any atom is 0.421 e. The first-order chi connectivity index (χ1) is 6.00. The van der Waals surface area contributed by atoms with E-state index < -0.39 is 37.2 Å². The van der Waals surface area contributed by atoms with Crippen molar-refractivity contribution >= 4 is 20.9 Å². The Balaban J connectivity index is 5.48. The number of sulfone groups is 1. The van der Waals surface area contributed by atoms with Crippen molar-refractivity contribution in [2.75, 3.05) is 5.75 Å². The molecule has 10 heteroatoms. The van der Waals surface area contributed by atoms with Gasteiger partial charge in [0.05, 0.1) is 5.75 Å². The molecule has 0 aromatic carbocycles. The summed E-state index contributed by atoms with van der Waals surface area (Å²) in [5.41, 5.74) is 0. The summed E-state index contributed by atoms with van der Waals surface area (Å²) in [5, 5.41) is -11.1. The lowest BCUT2D eigenvalue weighted by atomic mass is 10.7. The van der Waals surface area contributed by atoms with Crippen LogP contribution in [0.3, 0.4) is 0 Å². The van der Waals surface area contributed by atoms with Crippen molar-refractivity contribution in [2.45, 2.75) is 17.4 Å². The van der Waals surface area contributed by atoms with Crippen LogP contribution < -0.4 is 0 Å². The second-order valence-corrected chi connectivity index (χ2v) is 5.52. The SMILES string of the molecule is CCS(=O)(=O)C(F)(F)C(F)(F)S(=O)O. The van der Waals surface area contributed by atoms with Crippen molar-refractivity contribution in [3.05, 3.63) is 0 Å². The minimum absolute atomic E-state index is 0.722. The normalized spacial score (nSPS) is 16.7. The van der Waals surface area contributed by atoms with Gasteiger partial charge in [0, 0.05) is 0 Å². The molecule has 0 fully saturated rings. The summed E-state index contributed by atoms with van der Waals surface area (Å²) in [6.07, 6.45) is 0. The molecule has 0 heterocycles. The van der Waals surface area contributed by atoms with Gasteiger partial charge in [-0.2, -0.15) is 17.6 Å². The maximum absolute atomic E-state index is 12.5. The molecular weight excluding hydrogens is 252 g/mol. The zero-order valence-corrected chi connectivity index (χ0v) is 8.34. The highest BCUT2D eigenvalue weighted by Crippen LogP contribution is 2.40. The fraction of sp³-hybridized carbons (Fsp3) is 1.00. The highest BCUT2D eigenvalue weighted by molar-refractivity contribution is 7.93. The molecule has 4 nitrogen and oxygen atoms in total. The van der Waals surface area contributed by atoms with Crippen LogP contribution in [0.1, 0.15) is 6.92 Å². The highest BCUT2D eigenvalue weighted by Gasteiger charge is 2.68. The molecule has 0 saturated heterocycles. The van der Waals surface area contributed by atoms with Gasteiger partial charge in [0.15, 0.2) is 0 Å². The summed E-state index contributed by atoms with van der Waals surface area (Å²) in [5.74, 6) is -1.26. The molecule has 0 amide bonds. The van der Waals surface area contributed by atoms with E-state index >= 15 is 0 Å². The lowest BCUT2D eigenvalue weighted by molar-refractivity contribution is -0.0971. The standard InChI is InChI=1S/C4H6F4O4S2/c1-2-14(11,12)4(7,8)3(5,6)13(9)10/h2H2,1H3,(H,9,10). The van der Waals surface area contributed by atoms with Gasteiger partial charge in [-0.1, -0.05) is 6.92 Å². The third kappa shape index (κ3) is 1.91. The van der Waals surface area contributed by atoms with E-state index in [-0.39, 0.29) is 0 Å². The van der Waals surface area contributed by atoms with Crippen molar-refractivity contribution in [3.63, 3.8) is 0 Å². The lowest BCUT2D eigenvalue weighted by Crippen LogP contribution is -2.50. The molecule has 0 bridgehead atoms. The number of hydrogen-bond donors (Lipinski definition) is 1. The Morgan fingerprint density at radius 3 is 1.86 bits per heavy atom. The van der Waals surface area contributed by atoms with E-state index in [9.17, 15) is 30.2 Å². The monoisotopic (exact) mass is 258 g/mol. The minimum atomic E-state index is -5.55. The first kappa shape index (κ1) is 13.8. The summed E-state index contributed by atoms with van der Waals surface area (Å²) in [6, 6.07) is 0. The first-order valence-corrected chi connectivity index (χ1v) is 5.85. The summed E-state index contributed by atoms with van der Waals surface area (Å²) >= 11 is -4.26. The van der Waals surface area contributed by atoms with E-state index in [0.29, 0.717) is 0 Å². The summed E-state index contributed by atoms with van der Waals surface area (Å²) < 4.78 is 88.4. The fourth-order valence-corrected chi connectivity index (χ4v) is 1.99. The molecule has 86 valence electrons. The number of rotatable bonds is 4. The van der Waals surface area contributed by atoms with Crippen LogP contribution in [0.4, 0.5) is 17.6 Å². The van der Waals surface area contributed by atoms with Gasteiger partial charge in [-0.05, 0) is 0 Å². The van der Waals surface area contributed by atoms with Crippen molar-refractivity contribution in [1.29, 1.82) is 0 Å². The Bertz CT molecular complexity index is 335. The van der Waals surface area contributed by atoms with Crippen LogP contribution >= 0.6 is 0 Å². The molecule has 0 saturated carbocycles. The van der Waals surface area contributed by atoms with E-state index in [1.807, 2.05) is 0 Å². The van der Waals surface area contributed by atoms with Gasteiger partial charge in [-0.3, -0.25) is 0 Å². The summed E-state index contributed by atoms with van der Waals surface area (Å²) in [4.78, 5) is 0. The van der Waals surface area contributed by atoms with Gasteiger partial charge in [-0.25, -0.2) is 12.6 Å². The summed E-state index contributed by atoms with van der Waals surface area (Å²) in [7, 11) is -5.44. The van der Waals surface area contributed by atoms with Crippen molar-refractivity contribution in [3.8, 4) is 0 Å². The molecule has 0 aromatic rings. The predicted octanol–water partition coefficient (Wildman–Crippen LogP) is 0.828. The lowest BCUT2D eigenvalue weighted by Gasteiger charge is -2.22. The Labute approximate surface area is 79.5 Å². The third-order valence-electron chi connectivity index (χ3n) is 1.33. The minimum Gasteiger partial charge on any atom is -0.301 e. The average Bonchev–Trinajstić information content (AvgIpc) is 2.03. The number of alkyl halides is 4. The van der Waals surface area contributed by atoms with E-state index in [4.69, 9.17) is 4.55 Å². The Kier molecular flexibility index (Phi) is 3.68. The van der Waals surface area contributed by atoms with Crippen LogP contribution in [0, 0.1) is 0 Å². The molecule has 1 unspecified atom stereocenters. The molecule has 0 spiro atoms. The van der Waals surface area contributed by atoms with Gasteiger partial charge < -0.3 is 4.55 Å². The Hall–Kier alpha value is -0.220. The molecular formula is C4H6F4O4S2.